The van der Waals surface area contributed by atoms with Gasteiger partial charge in [-0.25, -0.2) is 8.78 Å². The maximum atomic E-state index is 13.0. The van der Waals surface area contributed by atoms with Crippen LogP contribution in [-0.2, 0) is 10.2 Å². The zero-order valence-electron chi connectivity index (χ0n) is 9.49. The van der Waals surface area contributed by atoms with E-state index in [-0.39, 0.29) is 5.69 Å². The molecule has 0 aliphatic carbocycles. The average molecular weight is 277 g/mol. The Morgan fingerprint density at radius 1 is 1.17 bits per heavy atom. The molecule has 100 valence electrons. The van der Waals surface area contributed by atoms with E-state index in [9.17, 15) is 17.2 Å². The molecule has 5 nitrogen and oxygen atoms in total. The molecule has 1 aliphatic heterocycles. The van der Waals surface area contributed by atoms with Crippen LogP contribution in [0.1, 0.15) is 0 Å². The largest absolute Gasteiger partial charge is 0.314 e. The molecular weight excluding hydrogens is 264 g/mol. The van der Waals surface area contributed by atoms with Gasteiger partial charge in [0.25, 0.3) is 0 Å². The fourth-order valence-corrected chi connectivity index (χ4v) is 2.87. The Labute approximate surface area is 104 Å². The lowest BCUT2D eigenvalue weighted by molar-refractivity contribution is 0.362. The molecule has 1 aliphatic rings. The van der Waals surface area contributed by atoms with Gasteiger partial charge in [-0.2, -0.15) is 12.7 Å². The Kier molecular flexibility index (Phi) is 3.79. The maximum Gasteiger partial charge on any atom is 0.301 e. The van der Waals surface area contributed by atoms with E-state index in [1.54, 1.807) is 0 Å². The van der Waals surface area contributed by atoms with E-state index in [2.05, 4.69) is 10.0 Å². The van der Waals surface area contributed by atoms with Crippen LogP contribution in [0.15, 0.2) is 18.2 Å². The van der Waals surface area contributed by atoms with E-state index in [1.165, 1.54) is 10.4 Å². The van der Waals surface area contributed by atoms with Crippen LogP contribution in [0.25, 0.3) is 0 Å². The summed E-state index contributed by atoms with van der Waals surface area (Å²) in [6.45, 7) is 1.83. The van der Waals surface area contributed by atoms with Crippen molar-refractivity contribution in [3.8, 4) is 0 Å². The number of halogens is 2. The molecule has 1 fully saturated rings. The van der Waals surface area contributed by atoms with Gasteiger partial charge in [0.2, 0.25) is 0 Å². The molecule has 0 aromatic heterocycles. The lowest BCUT2D eigenvalue weighted by atomic mass is 10.3. The van der Waals surface area contributed by atoms with Gasteiger partial charge in [0.15, 0.2) is 11.6 Å². The summed E-state index contributed by atoms with van der Waals surface area (Å²) in [7, 11) is -3.71. The minimum atomic E-state index is -3.71. The highest BCUT2D eigenvalue weighted by Crippen LogP contribution is 2.16. The van der Waals surface area contributed by atoms with E-state index < -0.39 is 21.8 Å². The Morgan fingerprint density at radius 2 is 1.83 bits per heavy atom. The van der Waals surface area contributed by atoms with Crippen LogP contribution in [0.2, 0.25) is 0 Å². The summed E-state index contributed by atoms with van der Waals surface area (Å²) in [6.07, 6.45) is 0. The van der Waals surface area contributed by atoms with Crippen molar-refractivity contribution in [3.05, 3.63) is 29.8 Å². The topological polar surface area (TPSA) is 61.4 Å². The number of benzene rings is 1. The predicted octanol–water partition coefficient (Wildman–Crippen LogP) is 0.527. The van der Waals surface area contributed by atoms with Crippen LogP contribution < -0.4 is 10.0 Å². The second-order valence-corrected chi connectivity index (χ2v) is 5.56. The first-order valence-corrected chi connectivity index (χ1v) is 6.87. The van der Waals surface area contributed by atoms with Gasteiger partial charge in [0, 0.05) is 32.2 Å². The normalized spacial score (nSPS) is 17.7. The molecule has 0 radical (unpaired) electrons. The summed E-state index contributed by atoms with van der Waals surface area (Å²) in [5, 5.41) is 3.02. The van der Waals surface area contributed by atoms with Gasteiger partial charge in [-0.15, -0.1) is 0 Å². The Morgan fingerprint density at radius 3 is 2.44 bits per heavy atom. The number of anilines is 1. The summed E-state index contributed by atoms with van der Waals surface area (Å²) in [5.41, 5.74) is 0.00688. The molecule has 8 heteroatoms. The number of hydrogen-bond donors (Lipinski definition) is 2. The van der Waals surface area contributed by atoms with Crippen molar-refractivity contribution >= 4 is 15.9 Å². The zero-order valence-corrected chi connectivity index (χ0v) is 10.3. The van der Waals surface area contributed by atoms with Crippen molar-refractivity contribution in [1.82, 2.24) is 9.62 Å². The van der Waals surface area contributed by atoms with Gasteiger partial charge in [-0.3, -0.25) is 4.72 Å². The number of nitrogens with zero attached hydrogens (tertiary/aromatic N) is 1. The van der Waals surface area contributed by atoms with E-state index in [0.29, 0.717) is 26.2 Å². The first-order chi connectivity index (χ1) is 8.49. The standard InChI is InChI=1S/C10H13F2N3O2S/c11-9-2-1-8(7-10(9)12)14-18(16,17)15-5-3-13-4-6-15/h1-2,7,13-14H,3-6H2. The van der Waals surface area contributed by atoms with E-state index in [0.717, 1.165) is 12.1 Å². The highest BCUT2D eigenvalue weighted by atomic mass is 32.2. The summed E-state index contributed by atoms with van der Waals surface area (Å²) >= 11 is 0. The van der Waals surface area contributed by atoms with Crippen LogP contribution in [0.5, 0.6) is 0 Å². The zero-order chi connectivity index (χ0) is 13.2. The fourth-order valence-electron chi connectivity index (χ4n) is 1.66. The van der Waals surface area contributed by atoms with Crippen molar-refractivity contribution in [1.29, 1.82) is 0 Å². The van der Waals surface area contributed by atoms with Crippen LogP contribution in [0.3, 0.4) is 0 Å². The quantitative estimate of drug-likeness (QED) is 0.847. The van der Waals surface area contributed by atoms with Crippen molar-refractivity contribution in [3.63, 3.8) is 0 Å². The Hall–Kier alpha value is -1.25. The molecule has 1 aromatic carbocycles. The Bertz CT molecular complexity index is 530. The highest BCUT2D eigenvalue weighted by molar-refractivity contribution is 7.90. The van der Waals surface area contributed by atoms with E-state index in [4.69, 9.17) is 0 Å². The van der Waals surface area contributed by atoms with Crippen LogP contribution in [0.4, 0.5) is 14.5 Å². The SMILES string of the molecule is O=S(=O)(Nc1ccc(F)c(F)c1)N1CCNCC1. The van der Waals surface area contributed by atoms with Gasteiger partial charge in [0.05, 0.1) is 5.69 Å². The van der Waals surface area contributed by atoms with Crippen molar-refractivity contribution < 1.29 is 17.2 Å². The lowest BCUT2D eigenvalue weighted by Crippen LogP contribution is -2.48. The smallest absolute Gasteiger partial charge is 0.301 e. The maximum absolute atomic E-state index is 13.0. The molecule has 0 amide bonds. The summed E-state index contributed by atoms with van der Waals surface area (Å²) in [6, 6.07) is 2.87. The van der Waals surface area contributed by atoms with Crippen LogP contribution in [-0.4, -0.2) is 38.9 Å². The lowest BCUT2D eigenvalue weighted by Gasteiger charge is -2.26. The molecule has 0 unspecified atom stereocenters. The first-order valence-electron chi connectivity index (χ1n) is 5.43. The third-order valence-electron chi connectivity index (χ3n) is 2.58. The first kappa shape index (κ1) is 13.2. The number of hydrogen-bond acceptors (Lipinski definition) is 3. The van der Waals surface area contributed by atoms with Crippen molar-refractivity contribution in [2.75, 3.05) is 30.9 Å². The van der Waals surface area contributed by atoms with Crippen molar-refractivity contribution in [2.24, 2.45) is 0 Å². The third kappa shape index (κ3) is 2.95. The van der Waals surface area contributed by atoms with Gasteiger partial charge in [-0.05, 0) is 12.1 Å². The molecule has 18 heavy (non-hydrogen) atoms. The minimum absolute atomic E-state index is 0.00688. The van der Waals surface area contributed by atoms with Gasteiger partial charge < -0.3 is 5.32 Å². The third-order valence-corrected chi connectivity index (χ3v) is 4.12. The molecular formula is C10H13F2N3O2S. The van der Waals surface area contributed by atoms with Crippen molar-refractivity contribution in [2.45, 2.75) is 0 Å². The summed E-state index contributed by atoms with van der Waals surface area (Å²) in [5.74, 6) is -2.10. The molecule has 1 aromatic rings. The van der Waals surface area contributed by atoms with Crippen LogP contribution >= 0.6 is 0 Å². The molecule has 1 saturated heterocycles. The van der Waals surface area contributed by atoms with Gasteiger partial charge in [-0.1, -0.05) is 0 Å². The number of nitrogens with one attached hydrogen (secondary N) is 2. The fraction of sp³-hybridized carbons (Fsp3) is 0.400. The van der Waals surface area contributed by atoms with E-state index in [1.807, 2.05) is 0 Å². The van der Waals surface area contributed by atoms with Gasteiger partial charge >= 0.3 is 10.2 Å². The van der Waals surface area contributed by atoms with Gasteiger partial charge in [0.1, 0.15) is 0 Å². The molecule has 0 saturated carbocycles. The second kappa shape index (κ2) is 5.17. The predicted molar refractivity (Wildman–Crippen MR) is 63.3 cm³/mol. The molecule has 0 atom stereocenters. The highest BCUT2D eigenvalue weighted by Gasteiger charge is 2.23. The summed E-state index contributed by atoms with van der Waals surface area (Å²) in [4.78, 5) is 0. The molecule has 1 heterocycles. The molecule has 2 rings (SSSR count). The number of piperazine rings is 1. The van der Waals surface area contributed by atoms with E-state index >= 15 is 0 Å². The minimum Gasteiger partial charge on any atom is -0.314 e. The summed E-state index contributed by atoms with van der Waals surface area (Å²) < 4.78 is 53.0. The molecule has 2 N–H and O–H groups in total. The number of rotatable bonds is 3. The van der Waals surface area contributed by atoms with Crippen LogP contribution in [0, 0.1) is 11.6 Å². The monoisotopic (exact) mass is 277 g/mol. The molecule has 0 spiro atoms. The molecule has 0 bridgehead atoms. The average Bonchev–Trinajstić information content (AvgIpc) is 2.35. The Balaban J connectivity index is 2.13. The second-order valence-electron chi connectivity index (χ2n) is 3.89.